The zero-order valence-corrected chi connectivity index (χ0v) is 18.6. The van der Waals surface area contributed by atoms with Crippen molar-refractivity contribution in [3.8, 4) is 5.75 Å². The lowest BCUT2D eigenvalue weighted by atomic mass is 10.2. The number of hydrogen-bond donors (Lipinski definition) is 1. The van der Waals surface area contributed by atoms with Gasteiger partial charge in [0.1, 0.15) is 5.75 Å². The van der Waals surface area contributed by atoms with Crippen LogP contribution < -0.4 is 15.0 Å². The molecule has 7 heteroatoms. The van der Waals surface area contributed by atoms with Crippen molar-refractivity contribution < 1.29 is 4.74 Å². The monoisotopic (exact) mass is 402 g/mol. The highest BCUT2D eigenvalue weighted by Crippen LogP contribution is 2.20. The topological polar surface area (TPSA) is 46.6 Å². The summed E-state index contributed by atoms with van der Waals surface area (Å²) < 4.78 is 5.27. The maximum atomic E-state index is 5.27. The minimum absolute atomic E-state index is 0.484. The number of piperazine rings is 2. The molecule has 1 atom stereocenters. The van der Waals surface area contributed by atoms with E-state index in [9.17, 15) is 0 Å². The predicted molar refractivity (Wildman–Crippen MR) is 121 cm³/mol. The summed E-state index contributed by atoms with van der Waals surface area (Å²) >= 11 is 0. The van der Waals surface area contributed by atoms with Gasteiger partial charge in [0.2, 0.25) is 0 Å². The summed E-state index contributed by atoms with van der Waals surface area (Å²) in [4.78, 5) is 14.8. The molecule has 1 N–H and O–H groups in total. The van der Waals surface area contributed by atoms with Gasteiger partial charge >= 0.3 is 0 Å². The van der Waals surface area contributed by atoms with Crippen molar-refractivity contribution in [3.05, 3.63) is 24.3 Å². The summed E-state index contributed by atoms with van der Waals surface area (Å²) in [7, 11) is 3.91. The van der Waals surface area contributed by atoms with Crippen LogP contribution in [0.25, 0.3) is 0 Å². The quantitative estimate of drug-likeness (QED) is 0.574. The smallest absolute Gasteiger partial charge is 0.194 e. The largest absolute Gasteiger partial charge is 0.497 e. The van der Waals surface area contributed by atoms with Crippen LogP contribution in [-0.2, 0) is 0 Å². The lowest BCUT2D eigenvalue weighted by molar-refractivity contribution is 0.122. The Balaban J connectivity index is 1.53. The van der Waals surface area contributed by atoms with E-state index in [1.807, 2.05) is 12.1 Å². The van der Waals surface area contributed by atoms with Crippen molar-refractivity contribution in [1.82, 2.24) is 20.0 Å². The lowest BCUT2D eigenvalue weighted by Crippen LogP contribution is -2.53. The van der Waals surface area contributed by atoms with E-state index in [2.05, 4.69) is 57.9 Å². The fraction of sp³-hybridized carbons (Fsp3) is 0.682. The summed E-state index contributed by atoms with van der Waals surface area (Å²) in [6, 6.07) is 8.84. The van der Waals surface area contributed by atoms with Crippen molar-refractivity contribution in [3.63, 3.8) is 0 Å². The minimum Gasteiger partial charge on any atom is -0.497 e. The molecular weight excluding hydrogens is 364 g/mol. The van der Waals surface area contributed by atoms with Crippen LogP contribution in [0.3, 0.4) is 0 Å². The fourth-order valence-corrected chi connectivity index (χ4v) is 3.99. The molecule has 0 amide bonds. The molecule has 7 nitrogen and oxygen atoms in total. The molecular formula is C22H38N6O. The van der Waals surface area contributed by atoms with Gasteiger partial charge in [0.25, 0.3) is 0 Å². The van der Waals surface area contributed by atoms with Crippen molar-refractivity contribution in [2.75, 3.05) is 84.5 Å². The number of rotatable bonds is 6. The molecule has 1 aromatic carbocycles. The van der Waals surface area contributed by atoms with Gasteiger partial charge in [-0.25, -0.2) is 0 Å². The Kier molecular flexibility index (Phi) is 8.00. The number of ether oxygens (including phenoxy) is 1. The first-order valence-corrected chi connectivity index (χ1v) is 11.0. The van der Waals surface area contributed by atoms with E-state index in [1.54, 1.807) is 7.11 Å². The fourth-order valence-electron chi connectivity index (χ4n) is 3.99. The van der Waals surface area contributed by atoms with E-state index in [4.69, 9.17) is 9.73 Å². The Morgan fingerprint density at radius 1 is 1.03 bits per heavy atom. The summed E-state index contributed by atoms with van der Waals surface area (Å²) in [5, 5.41) is 3.50. The third kappa shape index (κ3) is 6.00. The van der Waals surface area contributed by atoms with Crippen molar-refractivity contribution >= 4 is 11.6 Å². The first-order valence-electron chi connectivity index (χ1n) is 11.0. The standard InChI is InChI=1S/C22H38N6O/c1-5-23-22(24-18-19(2)26-12-10-25(3)11-13-26)28-16-14-27(15-17-28)20-6-8-21(29-4)9-7-20/h6-9,19H,5,10-18H2,1-4H3,(H,23,24). The number of likely N-dealkylation sites (N-methyl/N-ethyl adjacent to an activating group) is 1. The highest BCUT2D eigenvalue weighted by molar-refractivity contribution is 5.80. The van der Waals surface area contributed by atoms with Crippen LogP contribution in [0.5, 0.6) is 5.75 Å². The van der Waals surface area contributed by atoms with Gasteiger partial charge in [-0.15, -0.1) is 0 Å². The Morgan fingerprint density at radius 2 is 1.69 bits per heavy atom. The van der Waals surface area contributed by atoms with Crippen LogP contribution in [0, 0.1) is 0 Å². The third-order valence-electron chi connectivity index (χ3n) is 6.02. The summed E-state index contributed by atoms with van der Waals surface area (Å²) in [6.45, 7) is 14.8. The second kappa shape index (κ2) is 10.7. The molecule has 2 saturated heterocycles. The van der Waals surface area contributed by atoms with Gasteiger partial charge in [0.05, 0.1) is 13.7 Å². The summed E-state index contributed by atoms with van der Waals surface area (Å²) in [5.74, 6) is 1.96. The Hall–Kier alpha value is -1.99. The number of nitrogens with zero attached hydrogens (tertiary/aromatic N) is 5. The van der Waals surface area contributed by atoms with Crippen LogP contribution in [0.4, 0.5) is 5.69 Å². The summed E-state index contributed by atoms with van der Waals surface area (Å²) in [6.07, 6.45) is 0. The average Bonchev–Trinajstić information content (AvgIpc) is 2.77. The molecule has 1 aromatic rings. The molecule has 162 valence electrons. The number of guanidine groups is 1. The molecule has 2 aliphatic heterocycles. The van der Waals surface area contributed by atoms with E-state index < -0.39 is 0 Å². The van der Waals surface area contributed by atoms with Crippen LogP contribution in [0.1, 0.15) is 13.8 Å². The van der Waals surface area contributed by atoms with Crippen LogP contribution in [-0.4, -0.2) is 106 Å². The zero-order chi connectivity index (χ0) is 20.6. The first-order chi connectivity index (χ1) is 14.1. The average molecular weight is 403 g/mol. The minimum atomic E-state index is 0.484. The van der Waals surface area contributed by atoms with Gasteiger partial charge in [-0.1, -0.05) is 0 Å². The number of hydrogen-bond acceptors (Lipinski definition) is 5. The number of aliphatic imine (C=N–C) groups is 1. The normalized spacial score (nSPS) is 20.6. The second-order valence-corrected chi connectivity index (χ2v) is 8.06. The van der Waals surface area contributed by atoms with Gasteiger partial charge in [-0.2, -0.15) is 0 Å². The van der Waals surface area contributed by atoms with E-state index in [0.29, 0.717) is 6.04 Å². The van der Waals surface area contributed by atoms with Crippen LogP contribution in [0.2, 0.25) is 0 Å². The van der Waals surface area contributed by atoms with Gasteiger partial charge in [-0.05, 0) is 45.2 Å². The molecule has 29 heavy (non-hydrogen) atoms. The summed E-state index contributed by atoms with van der Waals surface area (Å²) in [5.41, 5.74) is 1.26. The maximum Gasteiger partial charge on any atom is 0.194 e. The number of nitrogens with one attached hydrogen (secondary N) is 1. The van der Waals surface area contributed by atoms with Crippen molar-refractivity contribution in [2.45, 2.75) is 19.9 Å². The van der Waals surface area contributed by atoms with E-state index >= 15 is 0 Å². The molecule has 0 radical (unpaired) electrons. The van der Waals surface area contributed by atoms with Crippen LogP contribution in [0.15, 0.2) is 29.3 Å². The van der Waals surface area contributed by atoms with Crippen molar-refractivity contribution in [1.29, 1.82) is 0 Å². The van der Waals surface area contributed by atoms with Crippen LogP contribution >= 0.6 is 0 Å². The number of methoxy groups -OCH3 is 1. The number of anilines is 1. The SMILES string of the molecule is CCNC(=NCC(C)N1CCN(C)CC1)N1CCN(c2ccc(OC)cc2)CC1. The van der Waals surface area contributed by atoms with Gasteiger partial charge in [0, 0.05) is 70.6 Å². The highest BCUT2D eigenvalue weighted by Gasteiger charge is 2.22. The Bertz CT molecular complexity index is 633. The predicted octanol–water partition coefficient (Wildman–Crippen LogP) is 1.42. The molecule has 2 aliphatic rings. The van der Waals surface area contributed by atoms with E-state index in [-0.39, 0.29) is 0 Å². The molecule has 2 heterocycles. The molecule has 3 rings (SSSR count). The molecule has 0 spiro atoms. The molecule has 0 bridgehead atoms. The zero-order valence-electron chi connectivity index (χ0n) is 18.6. The highest BCUT2D eigenvalue weighted by atomic mass is 16.5. The number of benzene rings is 1. The van der Waals surface area contributed by atoms with Gasteiger partial charge < -0.3 is 24.8 Å². The second-order valence-electron chi connectivity index (χ2n) is 8.06. The lowest BCUT2D eigenvalue weighted by Gasteiger charge is -2.38. The molecule has 0 aliphatic carbocycles. The van der Waals surface area contributed by atoms with Gasteiger partial charge in [-0.3, -0.25) is 9.89 Å². The molecule has 0 aromatic heterocycles. The maximum absolute atomic E-state index is 5.27. The molecule has 0 saturated carbocycles. The van der Waals surface area contributed by atoms with Gasteiger partial charge in [0.15, 0.2) is 5.96 Å². The van der Waals surface area contributed by atoms with E-state index in [1.165, 1.54) is 5.69 Å². The van der Waals surface area contributed by atoms with E-state index in [0.717, 1.165) is 77.2 Å². The molecule has 1 unspecified atom stereocenters. The third-order valence-corrected chi connectivity index (χ3v) is 6.02. The Morgan fingerprint density at radius 3 is 2.28 bits per heavy atom. The van der Waals surface area contributed by atoms with Crippen molar-refractivity contribution in [2.24, 2.45) is 4.99 Å². The molecule has 2 fully saturated rings. The first kappa shape index (κ1) is 21.7. The Labute approximate surface area is 176 Å².